The molecule has 2 aromatic rings. The zero-order chi connectivity index (χ0) is 15.5. The lowest BCUT2D eigenvalue weighted by molar-refractivity contribution is -0.137. The summed E-state index contributed by atoms with van der Waals surface area (Å²) in [5.41, 5.74) is 0.250. The van der Waals surface area contributed by atoms with E-state index in [1.54, 1.807) is 11.3 Å². The van der Waals surface area contributed by atoms with E-state index in [-0.39, 0.29) is 6.04 Å². The van der Waals surface area contributed by atoms with Crippen molar-refractivity contribution in [3.05, 3.63) is 57.3 Å². The van der Waals surface area contributed by atoms with Gasteiger partial charge in [-0.1, -0.05) is 19.1 Å². The van der Waals surface area contributed by atoms with Gasteiger partial charge in [-0.05, 0) is 43.2 Å². The second-order valence-electron chi connectivity index (χ2n) is 4.94. The molecule has 0 spiro atoms. The van der Waals surface area contributed by atoms with Crippen LogP contribution in [0.5, 0.6) is 0 Å². The van der Waals surface area contributed by atoms with Gasteiger partial charge in [0.1, 0.15) is 0 Å². The smallest absolute Gasteiger partial charge is 0.305 e. The minimum Gasteiger partial charge on any atom is -0.305 e. The molecule has 1 atom stereocenters. The van der Waals surface area contributed by atoms with E-state index >= 15 is 0 Å². The van der Waals surface area contributed by atoms with Crippen LogP contribution >= 0.6 is 11.3 Å². The van der Waals surface area contributed by atoms with Crippen molar-refractivity contribution in [3.8, 4) is 0 Å². The van der Waals surface area contributed by atoms with Crippen LogP contribution in [0.25, 0.3) is 0 Å². The highest BCUT2D eigenvalue weighted by atomic mass is 32.1. The maximum Gasteiger partial charge on any atom is 0.416 e. The zero-order valence-electron chi connectivity index (χ0n) is 12.0. The summed E-state index contributed by atoms with van der Waals surface area (Å²) in [5.74, 6) is 0. The molecule has 1 aromatic carbocycles. The number of alkyl halides is 3. The van der Waals surface area contributed by atoms with Gasteiger partial charge >= 0.3 is 6.18 Å². The number of rotatable bonds is 5. The van der Waals surface area contributed by atoms with Gasteiger partial charge in [-0.25, -0.2) is 0 Å². The van der Waals surface area contributed by atoms with Crippen LogP contribution < -0.4 is 5.32 Å². The quantitative estimate of drug-likeness (QED) is 0.802. The summed E-state index contributed by atoms with van der Waals surface area (Å²) in [6.45, 7) is 4.80. The van der Waals surface area contributed by atoms with Crippen molar-refractivity contribution in [2.75, 3.05) is 0 Å². The molecule has 1 unspecified atom stereocenters. The van der Waals surface area contributed by atoms with E-state index in [0.29, 0.717) is 0 Å². The molecule has 0 aliphatic carbocycles. The van der Waals surface area contributed by atoms with Crippen LogP contribution in [0, 0.1) is 0 Å². The Labute approximate surface area is 126 Å². The fourth-order valence-electron chi connectivity index (χ4n) is 2.04. The van der Waals surface area contributed by atoms with E-state index in [2.05, 4.69) is 24.4 Å². The summed E-state index contributed by atoms with van der Waals surface area (Å²) < 4.78 is 37.5. The number of aryl methyl sites for hydroxylation is 1. The third-order valence-electron chi connectivity index (χ3n) is 3.39. The van der Waals surface area contributed by atoms with Crippen LogP contribution in [0.4, 0.5) is 13.2 Å². The normalized spacial score (nSPS) is 13.4. The molecule has 5 heteroatoms. The largest absolute Gasteiger partial charge is 0.416 e. The van der Waals surface area contributed by atoms with E-state index < -0.39 is 11.7 Å². The Hall–Kier alpha value is -1.33. The first-order valence-electron chi connectivity index (χ1n) is 6.88. The van der Waals surface area contributed by atoms with Crippen molar-refractivity contribution in [1.82, 2.24) is 5.32 Å². The Bertz CT molecular complexity index is 572. The van der Waals surface area contributed by atoms with Crippen LogP contribution in [0.2, 0.25) is 0 Å². The molecule has 0 amide bonds. The summed E-state index contributed by atoms with van der Waals surface area (Å²) in [6.07, 6.45) is -3.25. The first kappa shape index (κ1) is 16.0. The van der Waals surface area contributed by atoms with E-state index in [0.717, 1.165) is 30.7 Å². The van der Waals surface area contributed by atoms with E-state index in [1.165, 1.54) is 21.9 Å². The average Bonchev–Trinajstić information content (AvgIpc) is 2.92. The molecule has 0 radical (unpaired) electrons. The Balaban J connectivity index is 1.95. The molecular weight excluding hydrogens is 295 g/mol. The van der Waals surface area contributed by atoms with Gasteiger partial charge in [0.2, 0.25) is 0 Å². The molecule has 1 N–H and O–H groups in total. The standard InChI is InChI=1S/C16H18F3NS/c1-3-14-8-9-15(21-14)10-20-11(2)12-4-6-13(7-5-12)16(17,18)19/h4-9,11,20H,3,10H2,1-2H3. The number of benzene rings is 1. The van der Waals surface area contributed by atoms with Crippen molar-refractivity contribution < 1.29 is 13.2 Å². The predicted octanol–water partition coefficient (Wildman–Crippen LogP) is 5.18. The zero-order valence-corrected chi connectivity index (χ0v) is 12.8. The van der Waals surface area contributed by atoms with Crippen LogP contribution in [0.15, 0.2) is 36.4 Å². The number of halogens is 3. The predicted molar refractivity (Wildman–Crippen MR) is 80.4 cm³/mol. The minimum absolute atomic E-state index is 0.0134. The molecule has 21 heavy (non-hydrogen) atoms. The van der Waals surface area contributed by atoms with Crippen molar-refractivity contribution in [1.29, 1.82) is 0 Å². The molecule has 114 valence electrons. The van der Waals surface area contributed by atoms with Crippen molar-refractivity contribution >= 4 is 11.3 Å². The summed E-state index contributed by atoms with van der Waals surface area (Å²) in [5, 5.41) is 3.34. The summed E-state index contributed by atoms with van der Waals surface area (Å²) >= 11 is 1.76. The highest BCUT2D eigenvalue weighted by Gasteiger charge is 2.30. The minimum atomic E-state index is -4.28. The van der Waals surface area contributed by atoms with Gasteiger partial charge < -0.3 is 5.32 Å². The van der Waals surface area contributed by atoms with E-state index in [4.69, 9.17) is 0 Å². The van der Waals surface area contributed by atoms with Crippen LogP contribution in [-0.2, 0) is 19.1 Å². The molecule has 0 aliphatic rings. The molecule has 0 fully saturated rings. The molecule has 1 aromatic heterocycles. The van der Waals surface area contributed by atoms with Crippen molar-refractivity contribution in [2.24, 2.45) is 0 Å². The summed E-state index contributed by atoms with van der Waals surface area (Å²) in [4.78, 5) is 2.58. The highest BCUT2D eigenvalue weighted by Crippen LogP contribution is 2.30. The molecule has 1 nitrogen and oxygen atoms in total. The lowest BCUT2D eigenvalue weighted by Gasteiger charge is -2.15. The first-order valence-corrected chi connectivity index (χ1v) is 7.70. The van der Waals surface area contributed by atoms with Gasteiger partial charge in [-0.15, -0.1) is 11.3 Å². The third kappa shape index (κ3) is 4.32. The summed E-state index contributed by atoms with van der Waals surface area (Å²) in [6, 6.07) is 9.56. The Morgan fingerprint density at radius 2 is 1.67 bits per heavy atom. The van der Waals surface area contributed by atoms with E-state index in [9.17, 15) is 13.2 Å². The SMILES string of the molecule is CCc1ccc(CNC(C)c2ccc(C(F)(F)F)cc2)s1. The van der Waals surface area contributed by atoms with Gasteiger partial charge in [-0.3, -0.25) is 0 Å². The monoisotopic (exact) mass is 313 g/mol. The Kier molecular flexibility index (Phi) is 5.06. The van der Waals surface area contributed by atoms with Crippen LogP contribution in [0.1, 0.15) is 40.8 Å². The summed E-state index contributed by atoms with van der Waals surface area (Å²) in [7, 11) is 0. The topological polar surface area (TPSA) is 12.0 Å². The van der Waals surface area contributed by atoms with Crippen molar-refractivity contribution in [2.45, 2.75) is 39.0 Å². The fourth-order valence-corrected chi connectivity index (χ4v) is 2.95. The molecule has 2 rings (SSSR count). The second-order valence-corrected chi connectivity index (χ2v) is 6.20. The third-order valence-corrected chi connectivity index (χ3v) is 4.62. The molecule has 1 heterocycles. The molecule has 0 saturated heterocycles. The molecule has 0 aliphatic heterocycles. The van der Waals surface area contributed by atoms with Gasteiger partial charge in [-0.2, -0.15) is 13.2 Å². The molecule has 0 saturated carbocycles. The van der Waals surface area contributed by atoms with E-state index in [1.807, 2.05) is 6.92 Å². The second kappa shape index (κ2) is 6.62. The number of nitrogens with one attached hydrogen (secondary N) is 1. The maximum atomic E-state index is 12.5. The Morgan fingerprint density at radius 3 is 2.19 bits per heavy atom. The lowest BCUT2D eigenvalue weighted by atomic mass is 10.1. The van der Waals surface area contributed by atoms with Gasteiger partial charge in [0, 0.05) is 22.3 Å². The van der Waals surface area contributed by atoms with Crippen LogP contribution in [0.3, 0.4) is 0 Å². The fraction of sp³-hybridized carbons (Fsp3) is 0.375. The highest BCUT2D eigenvalue weighted by molar-refractivity contribution is 7.11. The van der Waals surface area contributed by atoms with Gasteiger partial charge in [0.25, 0.3) is 0 Å². The van der Waals surface area contributed by atoms with Gasteiger partial charge in [0.15, 0.2) is 0 Å². The molecular formula is C16H18F3NS. The first-order chi connectivity index (χ1) is 9.90. The average molecular weight is 313 g/mol. The maximum absolute atomic E-state index is 12.5. The number of thiophene rings is 1. The van der Waals surface area contributed by atoms with Gasteiger partial charge in [0.05, 0.1) is 5.56 Å². The molecule has 0 bridgehead atoms. The lowest BCUT2D eigenvalue weighted by Crippen LogP contribution is -2.17. The number of hydrogen-bond donors (Lipinski definition) is 1. The Morgan fingerprint density at radius 1 is 1.05 bits per heavy atom. The van der Waals surface area contributed by atoms with Crippen molar-refractivity contribution in [3.63, 3.8) is 0 Å². The number of hydrogen-bond acceptors (Lipinski definition) is 2. The van der Waals surface area contributed by atoms with Crippen LogP contribution in [-0.4, -0.2) is 0 Å².